The van der Waals surface area contributed by atoms with Crippen LogP contribution in [-0.2, 0) is 0 Å². The number of nitrogens with zero attached hydrogens (tertiary/aromatic N) is 10. The summed E-state index contributed by atoms with van der Waals surface area (Å²) < 4.78 is 5.77. The third-order valence-electron chi connectivity index (χ3n) is 12.5. The Labute approximate surface area is 391 Å². The van der Waals surface area contributed by atoms with Gasteiger partial charge in [0.05, 0.1) is 48.7 Å². The zero-order valence-corrected chi connectivity index (χ0v) is 39.1. The summed E-state index contributed by atoms with van der Waals surface area (Å²) in [6.07, 6.45) is 4.84. The largest absolute Gasteiger partial charge is 0.355 e. The van der Waals surface area contributed by atoms with E-state index >= 15 is 0 Å². The van der Waals surface area contributed by atoms with Crippen LogP contribution in [0.5, 0.6) is 0 Å². The number of carbonyl (C=O) groups excluding carboxylic acids is 3. The van der Waals surface area contributed by atoms with E-state index in [-0.39, 0.29) is 28.0 Å². The van der Waals surface area contributed by atoms with Gasteiger partial charge in [0.25, 0.3) is 11.8 Å². The molecule has 2 fully saturated rings. The van der Waals surface area contributed by atoms with E-state index in [2.05, 4.69) is 49.0 Å². The number of benzene rings is 2. The van der Waals surface area contributed by atoms with Crippen molar-refractivity contribution in [3.8, 4) is 0 Å². The van der Waals surface area contributed by atoms with Crippen LogP contribution in [0.25, 0.3) is 52.2 Å². The zero-order chi connectivity index (χ0) is 46.5. The van der Waals surface area contributed by atoms with Crippen molar-refractivity contribution in [1.82, 2.24) is 43.9 Å². The summed E-state index contributed by atoms with van der Waals surface area (Å²) >= 11 is 2.79. The van der Waals surface area contributed by atoms with Crippen LogP contribution in [0.1, 0.15) is 56.7 Å². The first-order chi connectivity index (χ1) is 32.4. The Morgan fingerprint density at radius 1 is 0.582 bits per heavy atom. The number of anilines is 2. The van der Waals surface area contributed by atoms with Crippen LogP contribution in [0.15, 0.2) is 94.8 Å². The molecule has 0 aliphatic carbocycles. The van der Waals surface area contributed by atoms with E-state index in [0.29, 0.717) is 37.4 Å². The number of thiazole rings is 2. The molecule has 1 N–H and O–H groups in total. The summed E-state index contributed by atoms with van der Waals surface area (Å²) in [7, 11) is 4.25. The van der Waals surface area contributed by atoms with Gasteiger partial charge in [0.1, 0.15) is 32.6 Å². The Morgan fingerprint density at radius 2 is 1.09 bits per heavy atom. The lowest BCUT2D eigenvalue weighted by molar-refractivity contribution is 0.0845. The van der Waals surface area contributed by atoms with Gasteiger partial charge in [-0.3, -0.25) is 43.1 Å². The molecule has 0 saturated carbocycles. The number of pyridine rings is 4. The van der Waals surface area contributed by atoms with Crippen molar-refractivity contribution in [1.29, 1.82) is 0 Å². The number of hydrogen-bond acceptors (Lipinski definition) is 15. The molecule has 0 atom stereocenters. The van der Waals surface area contributed by atoms with Gasteiger partial charge in [0.15, 0.2) is 17.1 Å². The Hall–Kier alpha value is -6.99. The number of nitrogens with one attached hydrogen (secondary N) is 1. The number of amides is 2. The fourth-order valence-electron chi connectivity index (χ4n) is 8.91. The SMILES string of the molecule is CC(=O)c1c(=O)c2ccc(N3CCCN(C)CC3)nc2n2c1sc1ccccc12.Cc1cnc(C(=O)NC(=O)c2c(=O)c3ccc(N4CCCN(C)CC4)nc3n3c2sc2ccccc23)cn1. The summed E-state index contributed by atoms with van der Waals surface area (Å²) in [5.74, 6) is -0.0390. The summed E-state index contributed by atoms with van der Waals surface area (Å²) in [5, 5.41) is 3.13. The summed E-state index contributed by atoms with van der Waals surface area (Å²) in [6.45, 7) is 10.8. The van der Waals surface area contributed by atoms with Crippen LogP contribution >= 0.6 is 22.7 Å². The van der Waals surface area contributed by atoms with Gasteiger partial charge in [-0.15, -0.1) is 22.7 Å². The van der Waals surface area contributed by atoms with Crippen LogP contribution < -0.4 is 26.0 Å². The van der Waals surface area contributed by atoms with Crippen molar-refractivity contribution >= 4 is 104 Å². The first-order valence-electron chi connectivity index (χ1n) is 22.2. The van der Waals surface area contributed by atoms with Gasteiger partial charge in [0.2, 0.25) is 10.9 Å². The van der Waals surface area contributed by atoms with E-state index in [1.54, 1.807) is 13.0 Å². The Kier molecular flexibility index (Phi) is 11.8. The molecule has 9 aromatic rings. The Balaban J connectivity index is 0.000000162. The van der Waals surface area contributed by atoms with Crippen molar-refractivity contribution in [3.05, 3.63) is 128 Å². The molecule has 0 unspecified atom stereocenters. The Bertz CT molecular complexity index is 3560. The highest BCUT2D eigenvalue weighted by Crippen LogP contribution is 2.33. The normalized spacial score (nSPS) is 15.3. The van der Waals surface area contributed by atoms with Gasteiger partial charge < -0.3 is 19.6 Å². The molecule has 2 amide bonds. The minimum absolute atomic E-state index is 0.00757. The fraction of sp³-hybridized carbons (Fsp3) is 0.286. The number of imide groups is 1. The second-order valence-electron chi connectivity index (χ2n) is 17.1. The number of aromatic nitrogens is 6. The molecule has 16 nitrogen and oxygen atoms in total. The van der Waals surface area contributed by atoms with Crippen molar-refractivity contribution in [2.75, 3.05) is 76.3 Å². The van der Waals surface area contributed by atoms with Crippen LogP contribution in [0.2, 0.25) is 0 Å². The van der Waals surface area contributed by atoms with Crippen molar-refractivity contribution in [3.63, 3.8) is 0 Å². The van der Waals surface area contributed by atoms with Gasteiger partial charge in [-0.05, 0) is 102 Å². The number of hydrogen-bond donors (Lipinski definition) is 1. The minimum Gasteiger partial charge on any atom is -0.355 e. The highest BCUT2D eigenvalue weighted by atomic mass is 32.1. The molecule has 18 heteroatoms. The standard InChI is InChI=1S/C27H25N7O3S.C22H22N4O2S/c1-16-14-29-18(15-28-16)25(36)31-26(37)22-23(35)17-8-9-21(33-11-5-10-32(2)12-13-33)30-24(17)34-19-6-3-4-7-20(19)38-27(22)34;1-14(27)19-20(28)15-8-9-18(25-11-5-10-24(2)12-13-25)23-21(15)26-16-6-3-4-7-17(16)29-22(19)26/h3-4,6-9,14-15H,5,10-13H2,1-2H3,(H,31,36,37);3-4,6-9H,5,10-13H2,1-2H3. The number of likely N-dealkylation sites (N-methyl/N-ethyl adjacent to an activating group) is 2. The molecule has 2 aliphatic rings. The molecule has 7 aromatic heterocycles. The molecular weight excluding hydrogens is 887 g/mol. The van der Waals surface area contributed by atoms with Gasteiger partial charge >= 0.3 is 0 Å². The number of carbonyl (C=O) groups is 3. The lowest BCUT2D eigenvalue weighted by Crippen LogP contribution is -2.35. The molecule has 11 rings (SSSR count). The molecule has 2 saturated heterocycles. The topological polar surface area (TPSA) is 171 Å². The van der Waals surface area contributed by atoms with Gasteiger partial charge in [0, 0.05) is 45.5 Å². The Morgan fingerprint density at radius 3 is 1.60 bits per heavy atom. The number of fused-ring (bicyclic) bond motifs is 10. The van der Waals surface area contributed by atoms with E-state index in [0.717, 1.165) is 97.3 Å². The van der Waals surface area contributed by atoms with E-state index in [1.165, 1.54) is 42.0 Å². The number of para-hydroxylation sites is 2. The molecule has 9 heterocycles. The molecule has 0 spiro atoms. The first kappa shape index (κ1) is 43.9. The van der Waals surface area contributed by atoms with E-state index < -0.39 is 17.2 Å². The quantitative estimate of drug-likeness (QED) is 0.151. The highest BCUT2D eigenvalue weighted by molar-refractivity contribution is 7.24. The maximum absolute atomic E-state index is 13.7. The maximum Gasteiger partial charge on any atom is 0.278 e. The predicted molar refractivity (Wildman–Crippen MR) is 266 cm³/mol. The van der Waals surface area contributed by atoms with Crippen molar-refractivity contribution < 1.29 is 14.4 Å². The minimum atomic E-state index is -0.784. The first-order valence-corrected chi connectivity index (χ1v) is 23.8. The predicted octanol–water partition coefficient (Wildman–Crippen LogP) is 6.28. The maximum atomic E-state index is 13.7. The average Bonchev–Trinajstić information content (AvgIpc) is 3.71. The lowest BCUT2D eigenvalue weighted by Gasteiger charge is -2.22. The molecule has 0 bridgehead atoms. The van der Waals surface area contributed by atoms with Crippen LogP contribution in [0, 0.1) is 6.92 Å². The zero-order valence-electron chi connectivity index (χ0n) is 37.5. The number of aryl methyl sites for hydroxylation is 1. The average molecular weight is 934 g/mol. The number of ketones is 1. The molecular formula is C49H47N11O5S2. The van der Waals surface area contributed by atoms with Crippen LogP contribution in [0.4, 0.5) is 11.6 Å². The monoisotopic (exact) mass is 933 g/mol. The molecule has 2 aromatic carbocycles. The van der Waals surface area contributed by atoms with Gasteiger partial charge in [-0.25, -0.2) is 15.0 Å². The fourth-order valence-corrected chi connectivity index (χ4v) is 11.3. The van der Waals surface area contributed by atoms with Gasteiger partial charge in [-0.2, -0.15) is 0 Å². The van der Waals surface area contributed by atoms with E-state index in [4.69, 9.17) is 9.97 Å². The van der Waals surface area contributed by atoms with Crippen LogP contribution in [0.3, 0.4) is 0 Å². The van der Waals surface area contributed by atoms with E-state index in [9.17, 15) is 24.0 Å². The molecule has 0 radical (unpaired) electrons. The van der Waals surface area contributed by atoms with Crippen molar-refractivity contribution in [2.24, 2.45) is 0 Å². The smallest absolute Gasteiger partial charge is 0.278 e. The molecule has 2 aliphatic heterocycles. The number of rotatable bonds is 5. The van der Waals surface area contributed by atoms with E-state index in [1.807, 2.05) is 75.5 Å². The molecule has 340 valence electrons. The third-order valence-corrected chi connectivity index (χ3v) is 14.7. The summed E-state index contributed by atoms with van der Waals surface area (Å²) in [4.78, 5) is 93.6. The second kappa shape index (κ2) is 18.0. The summed E-state index contributed by atoms with van der Waals surface area (Å²) in [6, 6.07) is 23.0. The molecule has 67 heavy (non-hydrogen) atoms. The lowest BCUT2D eigenvalue weighted by atomic mass is 10.1. The summed E-state index contributed by atoms with van der Waals surface area (Å²) in [5.41, 5.74) is 3.02. The van der Waals surface area contributed by atoms with Gasteiger partial charge in [-0.1, -0.05) is 24.3 Å². The van der Waals surface area contributed by atoms with Crippen LogP contribution in [-0.4, -0.2) is 123 Å². The second-order valence-corrected chi connectivity index (χ2v) is 19.1. The third kappa shape index (κ3) is 8.19. The highest BCUT2D eigenvalue weighted by Gasteiger charge is 2.26. The van der Waals surface area contributed by atoms with Crippen molar-refractivity contribution in [2.45, 2.75) is 26.7 Å². The number of Topliss-reactive ketones (excluding diaryl/α,β-unsaturated/α-hetero) is 1.